The van der Waals surface area contributed by atoms with E-state index >= 15 is 0 Å². The van der Waals surface area contributed by atoms with Crippen LogP contribution >= 0.6 is 0 Å². The maximum Gasteiger partial charge on any atom is 0.429 e. The van der Waals surface area contributed by atoms with E-state index < -0.39 is 23.4 Å². The molecule has 0 bridgehead atoms. The minimum absolute atomic E-state index is 0.101. The number of aromatic nitrogens is 3. The number of hydrogen-bond donors (Lipinski definition) is 1. The molecule has 42 heavy (non-hydrogen) atoms. The van der Waals surface area contributed by atoms with Crippen molar-refractivity contribution in [1.29, 1.82) is 0 Å². The Morgan fingerprint density at radius 1 is 0.976 bits per heavy atom. The topological polar surface area (TPSA) is 130 Å². The standard InChI is InChI=1S/C30H40N6O6/c1-9-36(33(8)27(39)41-29(2,3)4)22-11-10-21-23-24(22)26(38)19-12-13-31-18-20(19)25(23)32-35(21)15-14-34(16-17-37)28(40)42-30(5,6)7/h10-13,18,37H,9,14-17H2,1-8H3. The lowest BCUT2D eigenvalue weighted by atomic mass is 9.87. The van der Waals surface area contributed by atoms with Crippen LogP contribution in [0.1, 0.15) is 64.4 Å². The lowest BCUT2D eigenvalue weighted by Gasteiger charge is -2.35. The van der Waals surface area contributed by atoms with Crippen LogP contribution in [0.4, 0.5) is 15.3 Å². The second kappa shape index (κ2) is 11.6. The highest BCUT2D eigenvalue weighted by atomic mass is 16.6. The van der Waals surface area contributed by atoms with Crippen molar-refractivity contribution in [2.45, 2.75) is 66.2 Å². The Morgan fingerprint density at radius 2 is 1.64 bits per heavy atom. The number of nitrogens with zero attached hydrogens (tertiary/aromatic N) is 6. The van der Waals surface area contributed by atoms with Crippen LogP contribution < -0.4 is 5.01 Å². The van der Waals surface area contributed by atoms with Gasteiger partial charge in [0.05, 0.1) is 29.9 Å². The first-order chi connectivity index (χ1) is 19.7. The van der Waals surface area contributed by atoms with Crippen LogP contribution in [0.25, 0.3) is 22.2 Å². The number of carbonyl (C=O) groups excluding carboxylic acids is 3. The molecule has 0 aliphatic heterocycles. The first-order valence-corrected chi connectivity index (χ1v) is 14.0. The van der Waals surface area contributed by atoms with Crippen LogP contribution in [0, 0.1) is 0 Å². The fraction of sp³-hybridized carbons (Fsp3) is 0.500. The van der Waals surface area contributed by atoms with Crippen molar-refractivity contribution in [3.05, 3.63) is 41.7 Å². The largest absolute Gasteiger partial charge is 0.444 e. The second-order valence-electron chi connectivity index (χ2n) is 12.1. The Balaban J connectivity index is 1.80. The molecule has 2 aromatic heterocycles. The summed E-state index contributed by atoms with van der Waals surface area (Å²) in [5.74, 6) is -0.202. The van der Waals surface area contributed by atoms with Gasteiger partial charge in [0.25, 0.3) is 0 Å². The van der Waals surface area contributed by atoms with Gasteiger partial charge in [0.2, 0.25) is 0 Å². The zero-order valence-corrected chi connectivity index (χ0v) is 25.6. The number of rotatable bonds is 8. The van der Waals surface area contributed by atoms with Gasteiger partial charge in [-0.1, -0.05) is 0 Å². The van der Waals surface area contributed by atoms with E-state index in [4.69, 9.17) is 14.6 Å². The Kier molecular flexibility index (Phi) is 8.49. The molecule has 1 aliphatic carbocycles. The van der Waals surface area contributed by atoms with Crippen molar-refractivity contribution in [3.8, 4) is 11.3 Å². The minimum atomic E-state index is -0.692. The molecular weight excluding hydrogens is 540 g/mol. The summed E-state index contributed by atoms with van der Waals surface area (Å²) in [6, 6.07) is 5.32. The molecule has 1 aliphatic rings. The fourth-order valence-electron chi connectivity index (χ4n) is 4.91. The molecule has 12 heteroatoms. The first kappa shape index (κ1) is 30.8. The smallest absolute Gasteiger partial charge is 0.429 e. The van der Waals surface area contributed by atoms with Crippen molar-refractivity contribution in [2.75, 3.05) is 38.3 Å². The third-order valence-electron chi connectivity index (χ3n) is 6.65. The zero-order valence-electron chi connectivity index (χ0n) is 25.6. The number of pyridine rings is 1. The fourth-order valence-corrected chi connectivity index (χ4v) is 4.91. The number of anilines is 1. The van der Waals surface area contributed by atoms with Crippen LogP contribution in [0.15, 0.2) is 30.6 Å². The van der Waals surface area contributed by atoms with Gasteiger partial charge in [0.1, 0.15) is 16.9 Å². The van der Waals surface area contributed by atoms with Gasteiger partial charge in [0, 0.05) is 55.6 Å². The molecule has 0 fully saturated rings. The molecule has 0 atom stereocenters. The highest BCUT2D eigenvalue weighted by Gasteiger charge is 2.34. The predicted octanol–water partition coefficient (Wildman–Crippen LogP) is 4.48. The second-order valence-corrected chi connectivity index (χ2v) is 12.1. The van der Waals surface area contributed by atoms with Crippen LogP contribution in [0.2, 0.25) is 0 Å². The number of carbonyl (C=O) groups is 3. The summed E-state index contributed by atoms with van der Waals surface area (Å²) < 4.78 is 12.9. The van der Waals surface area contributed by atoms with Gasteiger partial charge in [-0.15, -0.1) is 0 Å². The monoisotopic (exact) mass is 580 g/mol. The number of ketones is 1. The molecule has 0 unspecified atom stereocenters. The van der Waals surface area contributed by atoms with Gasteiger partial charge < -0.3 is 19.5 Å². The number of benzene rings is 1. The highest BCUT2D eigenvalue weighted by molar-refractivity contribution is 6.27. The Hall–Kier alpha value is -4.19. The normalized spacial score (nSPS) is 12.6. The van der Waals surface area contributed by atoms with Gasteiger partial charge >= 0.3 is 12.2 Å². The summed E-state index contributed by atoms with van der Waals surface area (Å²) in [5, 5.41) is 18.2. The molecule has 4 rings (SSSR count). The van der Waals surface area contributed by atoms with Crippen LogP contribution in [-0.2, 0) is 16.0 Å². The van der Waals surface area contributed by atoms with Gasteiger partial charge in [-0.3, -0.25) is 19.5 Å². The Morgan fingerprint density at radius 3 is 2.26 bits per heavy atom. The number of aliphatic hydroxyl groups excluding tert-OH is 1. The average molecular weight is 581 g/mol. The quantitative estimate of drug-likeness (QED) is 0.300. The summed E-state index contributed by atoms with van der Waals surface area (Å²) in [4.78, 5) is 45.5. The predicted molar refractivity (Wildman–Crippen MR) is 158 cm³/mol. The van der Waals surface area contributed by atoms with Crippen LogP contribution in [0.5, 0.6) is 0 Å². The number of amides is 2. The minimum Gasteiger partial charge on any atom is -0.444 e. The van der Waals surface area contributed by atoms with Gasteiger partial charge in [-0.05, 0) is 66.7 Å². The maximum atomic E-state index is 14.0. The van der Waals surface area contributed by atoms with Crippen molar-refractivity contribution < 1.29 is 29.0 Å². The lowest BCUT2D eigenvalue weighted by Crippen LogP contribution is -2.47. The molecule has 2 heterocycles. The highest BCUT2D eigenvalue weighted by Crippen LogP contribution is 2.42. The number of hydrogen-bond acceptors (Lipinski definition) is 9. The molecule has 2 amide bonds. The molecule has 3 aromatic rings. The molecule has 0 spiro atoms. The SMILES string of the molecule is CCN(c1ccc2c3c(nn2CCN(CCO)C(=O)OC(C)(C)C)-c2cnccc2C(=O)c13)N(C)C(=O)OC(C)(C)C. The van der Waals surface area contributed by atoms with E-state index in [1.54, 1.807) is 82.8 Å². The van der Waals surface area contributed by atoms with E-state index in [2.05, 4.69) is 4.98 Å². The molecular formula is C30H40N6O6. The number of ether oxygens (including phenoxy) is 2. The zero-order chi connectivity index (χ0) is 31.0. The summed E-state index contributed by atoms with van der Waals surface area (Å²) in [6.07, 6.45) is 2.11. The van der Waals surface area contributed by atoms with Gasteiger partial charge in [-0.2, -0.15) is 5.10 Å². The third-order valence-corrected chi connectivity index (χ3v) is 6.65. The molecule has 0 saturated carbocycles. The van der Waals surface area contributed by atoms with E-state index in [9.17, 15) is 19.5 Å². The molecule has 12 nitrogen and oxygen atoms in total. The van der Waals surface area contributed by atoms with Crippen LogP contribution in [-0.4, -0.2) is 92.2 Å². The van der Waals surface area contributed by atoms with Crippen molar-refractivity contribution in [1.82, 2.24) is 24.7 Å². The summed E-state index contributed by atoms with van der Waals surface area (Å²) in [7, 11) is 1.61. The first-order valence-electron chi connectivity index (χ1n) is 14.0. The molecule has 1 N–H and O–H groups in total. The summed E-state index contributed by atoms with van der Waals surface area (Å²) in [6.45, 7) is 13.4. The number of hydrazine groups is 1. The van der Waals surface area contributed by atoms with E-state index in [1.807, 2.05) is 13.0 Å². The van der Waals surface area contributed by atoms with Crippen molar-refractivity contribution >= 4 is 34.6 Å². The van der Waals surface area contributed by atoms with Crippen molar-refractivity contribution in [2.24, 2.45) is 0 Å². The molecule has 226 valence electrons. The number of fused-ring (bicyclic) bond motifs is 2. The summed E-state index contributed by atoms with van der Waals surface area (Å²) in [5.41, 5.74) is 1.94. The van der Waals surface area contributed by atoms with E-state index in [0.29, 0.717) is 45.5 Å². The van der Waals surface area contributed by atoms with E-state index in [1.165, 1.54) is 9.91 Å². The van der Waals surface area contributed by atoms with Crippen LogP contribution in [0.3, 0.4) is 0 Å². The molecule has 1 aromatic carbocycles. The Bertz CT molecular complexity index is 1500. The summed E-state index contributed by atoms with van der Waals surface area (Å²) >= 11 is 0. The van der Waals surface area contributed by atoms with Gasteiger partial charge in [0.15, 0.2) is 5.78 Å². The average Bonchev–Trinajstić information content (AvgIpc) is 3.27. The van der Waals surface area contributed by atoms with E-state index in [-0.39, 0.29) is 32.0 Å². The lowest BCUT2D eigenvalue weighted by molar-refractivity contribution is 0.0210. The van der Waals surface area contributed by atoms with Crippen molar-refractivity contribution in [3.63, 3.8) is 0 Å². The molecule has 0 radical (unpaired) electrons. The van der Waals surface area contributed by atoms with Gasteiger partial charge in [-0.25, -0.2) is 14.6 Å². The Labute approximate surface area is 245 Å². The molecule has 0 saturated heterocycles. The third kappa shape index (κ3) is 6.18. The van der Waals surface area contributed by atoms with E-state index in [0.717, 1.165) is 0 Å². The maximum absolute atomic E-state index is 14.0. The number of aliphatic hydroxyl groups is 1.